The standard InChI is InChI=1S/C16H17NS2/c1-2-12-7-8-18-16(12)10-17-9-13-11-19-15-6-4-3-5-14(13)15/h3-8,11,17H,2,9-10H2,1H3. The van der Waals surface area contributed by atoms with E-state index in [1.807, 2.05) is 22.7 Å². The molecule has 1 nitrogen and oxygen atoms in total. The highest BCUT2D eigenvalue weighted by Crippen LogP contribution is 2.25. The maximum Gasteiger partial charge on any atom is 0.0346 e. The second-order valence-corrected chi connectivity index (χ2v) is 6.50. The molecule has 0 spiro atoms. The molecule has 0 bridgehead atoms. The van der Waals surface area contributed by atoms with Crippen molar-refractivity contribution in [1.82, 2.24) is 5.32 Å². The number of hydrogen-bond acceptors (Lipinski definition) is 3. The van der Waals surface area contributed by atoms with E-state index in [1.54, 1.807) is 0 Å². The average Bonchev–Trinajstić information content (AvgIpc) is 3.06. The van der Waals surface area contributed by atoms with Crippen LogP contribution >= 0.6 is 22.7 Å². The van der Waals surface area contributed by atoms with Gasteiger partial charge in [0, 0.05) is 22.7 Å². The van der Waals surface area contributed by atoms with Crippen LogP contribution in [-0.2, 0) is 19.5 Å². The number of hydrogen-bond donors (Lipinski definition) is 1. The van der Waals surface area contributed by atoms with Gasteiger partial charge < -0.3 is 5.32 Å². The summed E-state index contributed by atoms with van der Waals surface area (Å²) in [6, 6.07) is 10.9. The first-order valence-corrected chi connectivity index (χ1v) is 8.35. The number of benzene rings is 1. The van der Waals surface area contributed by atoms with E-state index in [4.69, 9.17) is 0 Å². The lowest BCUT2D eigenvalue weighted by molar-refractivity contribution is 0.701. The smallest absolute Gasteiger partial charge is 0.0346 e. The fraction of sp³-hybridized carbons (Fsp3) is 0.250. The normalized spacial score (nSPS) is 11.2. The summed E-state index contributed by atoms with van der Waals surface area (Å²) in [6.07, 6.45) is 1.13. The van der Waals surface area contributed by atoms with Crippen molar-refractivity contribution in [1.29, 1.82) is 0 Å². The largest absolute Gasteiger partial charge is 0.308 e. The number of fused-ring (bicyclic) bond motifs is 1. The molecule has 0 aliphatic heterocycles. The van der Waals surface area contributed by atoms with Crippen molar-refractivity contribution in [2.45, 2.75) is 26.4 Å². The van der Waals surface area contributed by atoms with Gasteiger partial charge in [0.15, 0.2) is 0 Å². The van der Waals surface area contributed by atoms with Gasteiger partial charge in [0.1, 0.15) is 0 Å². The zero-order chi connectivity index (χ0) is 13.1. The van der Waals surface area contributed by atoms with Crippen LogP contribution in [0.3, 0.4) is 0 Å². The van der Waals surface area contributed by atoms with Gasteiger partial charge in [0.2, 0.25) is 0 Å². The molecule has 0 fully saturated rings. The van der Waals surface area contributed by atoms with E-state index in [0.29, 0.717) is 0 Å². The fourth-order valence-electron chi connectivity index (χ4n) is 2.32. The van der Waals surface area contributed by atoms with E-state index in [9.17, 15) is 0 Å². The highest BCUT2D eigenvalue weighted by Gasteiger charge is 2.05. The lowest BCUT2D eigenvalue weighted by Crippen LogP contribution is -2.12. The molecule has 2 heterocycles. The summed E-state index contributed by atoms with van der Waals surface area (Å²) < 4.78 is 1.38. The molecule has 0 unspecified atom stereocenters. The number of thiophene rings is 2. The van der Waals surface area contributed by atoms with Crippen LogP contribution in [0.25, 0.3) is 10.1 Å². The van der Waals surface area contributed by atoms with Crippen molar-refractivity contribution in [3.05, 3.63) is 57.1 Å². The van der Waals surface area contributed by atoms with Gasteiger partial charge in [-0.3, -0.25) is 0 Å². The van der Waals surface area contributed by atoms with Crippen LogP contribution in [0.15, 0.2) is 41.1 Å². The van der Waals surface area contributed by atoms with Crippen LogP contribution in [0.4, 0.5) is 0 Å². The Morgan fingerprint density at radius 3 is 2.79 bits per heavy atom. The number of aryl methyl sites for hydroxylation is 1. The van der Waals surface area contributed by atoms with Crippen molar-refractivity contribution in [2.75, 3.05) is 0 Å². The molecule has 0 saturated heterocycles. The third-order valence-electron chi connectivity index (χ3n) is 3.38. The highest BCUT2D eigenvalue weighted by molar-refractivity contribution is 7.17. The molecule has 3 rings (SSSR count). The summed E-state index contributed by atoms with van der Waals surface area (Å²) in [7, 11) is 0. The summed E-state index contributed by atoms with van der Waals surface area (Å²) >= 11 is 3.69. The Hall–Kier alpha value is -1.16. The molecule has 3 heteroatoms. The molecule has 3 aromatic rings. The summed E-state index contributed by atoms with van der Waals surface area (Å²) in [5.41, 5.74) is 2.89. The SMILES string of the molecule is CCc1ccsc1CNCc1csc2ccccc12. The summed E-state index contributed by atoms with van der Waals surface area (Å²) in [5.74, 6) is 0. The average molecular weight is 287 g/mol. The van der Waals surface area contributed by atoms with Crippen LogP contribution in [-0.4, -0.2) is 0 Å². The predicted molar refractivity (Wildman–Crippen MR) is 86.1 cm³/mol. The van der Waals surface area contributed by atoms with Gasteiger partial charge in [-0.15, -0.1) is 22.7 Å². The molecule has 0 saturated carbocycles. The van der Waals surface area contributed by atoms with E-state index in [0.717, 1.165) is 19.5 Å². The van der Waals surface area contributed by atoms with Gasteiger partial charge in [-0.25, -0.2) is 0 Å². The Labute approximate surface area is 121 Å². The van der Waals surface area contributed by atoms with E-state index in [2.05, 4.69) is 53.3 Å². The van der Waals surface area contributed by atoms with Gasteiger partial charge in [-0.05, 0) is 45.8 Å². The van der Waals surface area contributed by atoms with Crippen LogP contribution in [0.2, 0.25) is 0 Å². The molecule has 1 aromatic carbocycles. The second kappa shape index (κ2) is 5.87. The van der Waals surface area contributed by atoms with Crippen molar-refractivity contribution in [3.8, 4) is 0 Å². The van der Waals surface area contributed by atoms with Gasteiger partial charge in [-0.1, -0.05) is 25.1 Å². The minimum Gasteiger partial charge on any atom is -0.308 e. The third kappa shape index (κ3) is 2.73. The molecule has 1 N–H and O–H groups in total. The van der Waals surface area contributed by atoms with Crippen molar-refractivity contribution >= 4 is 32.8 Å². The van der Waals surface area contributed by atoms with Crippen LogP contribution in [0, 0.1) is 0 Å². The Kier molecular flexibility index (Phi) is 3.97. The Morgan fingerprint density at radius 2 is 1.89 bits per heavy atom. The summed E-state index contributed by atoms with van der Waals surface area (Å²) in [4.78, 5) is 1.47. The number of rotatable bonds is 5. The first kappa shape index (κ1) is 12.9. The van der Waals surface area contributed by atoms with Crippen LogP contribution in [0.1, 0.15) is 22.9 Å². The van der Waals surface area contributed by atoms with E-state index in [-0.39, 0.29) is 0 Å². The van der Waals surface area contributed by atoms with Gasteiger partial charge >= 0.3 is 0 Å². The fourth-order valence-corrected chi connectivity index (χ4v) is 4.23. The van der Waals surface area contributed by atoms with E-state index in [1.165, 1.54) is 26.1 Å². The lowest BCUT2D eigenvalue weighted by Gasteiger charge is -2.04. The minimum atomic E-state index is 0.949. The zero-order valence-electron chi connectivity index (χ0n) is 11.0. The molecule has 98 valence electrons. The lowest BCUT2D eigenvalue weighted by atomic mass is 10.1. The quantitative estimate of drug-likeness (QED) is 0.709. The molecular weight excluding hydrogens is 270 g/mol. The van der Waals surface area contributed by atoms with Gasteiger partial charge in [-0.2, -0.15) is 0 Å². The van der Waals surface area contributed by atoms with Crippen molar-refractivity contribution in [3.63, 3.8) is 0 Å². The molecule has 0 aliphatic rings. The maximum atomic E-state index is 3.57. The monoisotopic (exact) mass is 287 g/mol. The molecule has 0 amide bonds. The van der Waals surface area contributed by atoms with Gasteiger partial charge in [0.25, 0.3) is 0 Å². The Bertz CT molecular complexity index is 666. The predicted octanol–water partition coefficient (Wildman–Crippen LogP) is 4.82. The summed E-state index contributed by atoms with van der Waals surface area (Å²) in [5, 5.41) is 9.43. The zero-order valence-corrected chi connectivity index (χ0v) is 12.6. The van der Waals surface area contributed by atoms with Crippen LogP contribution in [0.5, 0.6) is 0 Å². The van der Waals surface area contributed by atoms with Crippen molar-refractivity contribution in [2.24, 2.45) is 0 Å². The van der Waals surface area contributed by atoms with E-state index >= 15 is 0 Å². The molecule has 0 radical (unpaired) electrons. The molecule has 0 atom stereocenters. The second-order valence-electron chi connectivity index (χ2n) is 4.58. The molecular formula is C16H17NS2. The van der Waals surface area contributed by atoms with Crippen LogP contribution < -0.4 is 5.32 Å². The third-order valence-corrected chi connectivity index (χ3v) is 5.36. The molecule has 0 aliphatic carbocycles. The van der Waals surface area contributed by atoms with Crippen molar-refractivity contribution < 1.29 is 0 Å². The molecule has 19 heavy (non-hydrogen) atoms. The van der Waals surface area contributed by atoms with E-state index < -0.39 is 0 Å². The molecule has 2 aromatic heterocycles. The van der Waals surface area contributed by atoms with Gasteiger partial charge in [0.05, 0.1) is 0 Å². The maximum absolute atomic E-state index is 3.57. The Balaban J connectivity index is 1.67. The topological polar surface area (TPSA) is 12.0 Å². The first-order chi connectivity index (χ1) is 9.38. The first-order valence-electron chi connectivity index (χ1n) is 6.59. The Morgan fingerprint density at radius 1 is 1.00 bits per heavy atom. The summed E-state index contributed by atoms with van der Waals surface area (Å²) in [6.45, 7) is 4.15. The number of nitrogens with one attached hydrogen (secondary N) is 1. The highest BCUT2D eigenvalue weighted by atomic mass is 32.1. The minimum absolute atomic E-state index is 0.949.